The molecule has 6 heteroatoms. The van der Waals surface area contributed by atoms with Crippen LogP contribution < -0.4 is 10.6 Å². The number of pyridine rings is 1. The Morgan fingerprint density at radius 2 is 2.11 bits per heavy atom. The van der Waals surface area contributed by atoms with Gasteiger partial charge in [0.25, 0.3) is 0 Å². The van der Waals surface area contributed by atoms with E-state index in [2.05, 4.69) is 19.9 Å². The van der Waals surface area contributed by atoms with Crippen LogP contribution in [0.5, 0.6) is 0 Å². The lowest BCUT2D eigenvalue weighted by Gasteiger charge is -2.14. The highest BCUT2D eigenvalue weighted by molar-refractivity contribution is 5.28. The van der Waals surface area contributed by atoms with Gasteiger partial charge in [-0.15, -0.1) is 0 Å². The minimum atomic E-state index is -0.263. The van der Waals surface area contributed by atoms with Gasteiger partial charge in [-0.25, -0.2) is 9.78 Å². The highest BCUT2D eigenvalue weighted by atomic mass is 16.1. The molecule has 0 aliphatic carbocycles. The zero-order valence-electron chi connectivity index (χ0n) is 10.6. The molecule has 0 radical (unpaired) electrons. The molecule has 0 atom stereocenters. The molecule has 0 saturated carbocycles. The van der Waals surface area contributed by atoms with Crippen molar-refractivity contribution in [2.45, 2.75) is 19.4 Å². The first-order valence-electron chi connectivity index (χ1n) is 6.40. The van der Waals surface area contributed by atoms with Gasteiger partial charge < -0.3 is 4.90 Å². The van der Waals surface area contributed by atoms with Crippen LogP contribution in [0.2, 0.25) is 0 Å². The van der Waals surface area contributed by atoms with E-state index in [1.165, 1.54) is 4.57 Å². The fraction of sp³-hybridized carbons (Fsp3) is 0.385. The van der Waals surface area contributed by atoms with Gasteiger partial charge in [0.1, 0.15) is 6.33 Å². The molecule has 0 unspecified atom stereocenters. The van der Waals surface area contributed by atoms with Crippen LogP contribution in [0.4, 0.5) is 5.95 Å². The quantitative estimate of drug-likeness (QED) is 0.809. The van der Waals surface area contributed by atoms with Crippen LogP contribution >= 0.6 is 0 Å². The van der Waals surface area contributed by atoms with E-state index in [1.54, 1.807) is 18.7 Å². The Labute approximate surface area is 110 Å². The fourth-order valence-electron chi connectivity index (χ4n) is 2.22. The molecule has 0 spiro atoms. The third-order valence-electron chi connectivity index (χ3n) is 3.22. The number of aromatic nitrogens is 4. The van der Waals surface area contributed by atoms with Crippen molar-refractivity contribution in [2.75, 3.05) is 18.0 Å². The van der Waals surface area contributed by atoms with E-state index < -0.39 is 0 Å². The number of hydrogen-bond donors (Lipinski definition) is 0. The summed E-state index contributed by atoms with van der Waals surface area (Å²) in [5.41, 5.74) is 0.697. The van der Waals surface area contributed by atoms with Crippen molar-refractivity contribution >= 4 is 5.95 Å². The third kappa shape index (κ3) is 2.62. The Balaban J connectivity index is 1.82. The van der Waals surface area contributed by atoms with Crippen LogP contribution in [0.3, 0.4) is 0 Å². The van der Waals surface area contributed by atoms with E-state index in [0.717, 1.165) is 31.5 Å². The summed E-state index contributed by atoms with van der Waals surface area (Å²) >= 11 is 0. The minimum absolute atomic E-state index is 0.263. The number of nitrogens with zero attached hydrogens (tertiary/aromatic N) is 5. The Bertz CT molecular complexity index is 604. The van der Waals surface area contributed by atoms with Gasteiger partial charge in [-0.1, -0.05) is 6.07 Å². The Morgan fingerprint density at radius 3 is 2.79 bits per heavy atom. The molecule has 1 aliphatic heterocycles. The third-order valence-corrected chi connectivity index (χ3v) is 3.22. The standard InChI is InChI=1S/C13H15N5O/c19-13-16-12(17-6-1-2-7-17)15-10-18(13)9-11-4-3-5-14-8-11/h3-5,8,10H,1-2,6-7,9H2. The van der Waals surface area contributed by atoms with E-state index in [0.29, 0.717) is 12.5 Å². The summed E-state index contributed by atoms with van der Waals surface area (Å²) in [5.74, 6) is 0.546. The van der Waals surface area contributed by atoms with Crippen molar-refractivity contribution in [2.24, 2.45) is 0 Å². The number of anilines is 1. The lowest BCUT2D eigenvalue weighted by molar-refractivity contribution is 0.689. The maximum absolute atomic E-state index is 12.0. The molecule has 0 amide bonds. The van der Waals surface area contributed by atoms with Gasteiger partial charge in [0, 0.05) is 25.5 Å². The predicted molar refractivity (Wildman–Crippen MR) is 71.1 cm³/mol. The molecule has 2 aromatic heterocycles. The van der Waals surface area contributed by atoms with Crippen molar-refractivity contribution < 1.29 is 0 Å². The van der Waals surface area contributed by atoms with Crippen molar-refractivity contribution in [3.8, 4) is 0 Å². The summed E-state index contributed by atoms with van der Waals surface area (Å²) < 4.78 is 1.50. The van der Waals surface area contributed by atoms with Crippen LogP contribution in [-0.2, 0) is 6.54 Å². The Morgan fingerprint density at radius 1 is 1.26 bits per heavy atom. The largest absolute Gasteiger partial charge is 0.352 e. The molecule has 0 N–H and O–H groups in total. The van der Waals surface area contributed by atoms with E-state index >= 15 is 0 Å². The SMILES string of the molecule is O=c1nc(N2CCCC2)ncn1Cc1cccnc1. The summed E-state index contributed by atoms with van der Waals surface area (Å²) in [6.07, 6.45) is 7.29. The number of hydrogen-bond acceptors (Lipinski definition) is 5. The van der Waals surface area contributed by atoms with Gasteiger partial charge in [0.15, 0.2) is 0 Å². The van der Waals surface area contributed by atoms with Crippen LogP contribution in [0, 0.1) is 0 Å². The maximum atomic E-state index is 12.0. The fourth-order valence-corrected chi connectivity index (χ4v) is 2.22. The lowest BCUT2D eigenvalue weighted by atomic mass is 10.3. The molecular formula is C13H15N5O. The van der Waals surface area contributed by atoms with E-state index in [9.17, 15) is 4.79 Å². The zero-order chi connectivity index (χ0) is 13.1. The molecular weight excluding hydrogens is 242 g/mol. The van der Waals surface area contributed by atoms with Crippen molar-refractivity contribution in [3.63, 3.8) is 0 Å². The Kier molecular flexibility index (Phi) is 3.22. The molecule has 0 aromatic carbocycles. The number of rotatable bonds is 3. The second-order valence-corrected chi connectivity index (χ2v) is 4.62. The molecule has 2 aromatic rings. The van der Waals surface area contributed by atoms with Gasteiger partial charge in [-0.05, 0) is 24.5 Å². The average Bonchev–Trinajstić information content (AvgIpc) is 2.96. The topological polar surface area (TPSA) is 63.9 Å². The smallest absolute Gasteiger partial charge is 0.341 e. The molecule has 98 valence electrons. The summed E-state index contributed by atoms with van der Waals surface area (Å²) in [6.45, 7) is 2.32. The molecule has 6 nitrogen and oxygen atoms in total. The average molecular weight is 257 g/mol. The normalized spacial score (nSPS) is 14.8. The first-order chi connectivity index (χ1) is 9.33. The lowest BCUT2D eigenvalue weighted by Crippen LogP contribution is -2.29. The molecule has 19 heavy (non-hydrogen) atoms. The molecule has 1 aliphatic rings. The molecule has 1 fully saturated rings. The molecule has 1 saturated heterocycles. The highest BCUT2D eigenvalue weighted by Gasteiger charge is 2.15. The molecule has 3 rings (SSSR count). The van der Waals surface area contributed by atoms with Gasteiger partial charge in [0.05, 0.1) is 6.54 Å². The van der Waals surface area contributed by atoms with E-state index in [-0.39, 0.29) is 5.69 Å². The van der Waals surface area contributed by atoms with E-state index in [1.807, 2.05) is 12.1 Å². The van der Waals surface area contributed by atoms with Crippen LogP contribution in [0.15, 0.2) is 35.6 Å². The minimum Gasteiger partial charge on any atom is -0.341 e. The van der Waals surface area contributed by atoms with Gasteiger partial charge in [-0.3, -0.25) is 9.55 Å². The summed E-state index contributed by atoms with van der Waals surface area (Å²) in [5, 5.41) is 0. The van der Waals surface area contributed by atoms with Gasteiger partial charge >= 0.3 is 5.69 Å². The first-order valence-corrected chi connectivity index (χ1v) is 6.40. The second-order valence-electron chi connectivity index (χ2n) is 4.62. The van der Waals surface area contributed by atoms with Crippen molar-refractivity contribution in [3.05, 3.63) is 46.9 Å². The molecule has 3 heterocycles. The second kappa shape index (κ2) is 5.17. The van der Waals surface area contributed by atoms with Crippen LogP contribution in [0.1, 0.15) is 18.4 Å². The van der Waals surface area contributed by atoms with Gasteiger partial charge in [0.2, 0.25) is 5.95 Å². The van der Waals surface area contributed by atoms with Crippen molar-refractivity contribution in [1.82, 2.24) is 19.5 Å². The summed E-state index contributed by atoms with van der Waals surface area (Å²) in [7, 11) is 0. The summed E-state index contributed by atoms with van der Waals surface area (Å²) in [6, 6.07) is 3.77. The van der Waals surface area contributed by atoms with Crippen LogP contribution in [-0.4, -0.2) is 32.6 Å². The molecule has 0 bridgehead atoms. The Hall–Kier alpha value is -2.24. The maximum Gasteiger partial charge on any atom is 0.352 e. The van der Waals surface area contributed by atoms with Crippen LogP contribution in [0.25, 0.3) is 0 Å². The highest BCUT2D eigenvalue weighted by Crippen LogP contribution is 2.13. The monoisotopic (exact) mass is 257 g/mol. The first kappa shape index (κ1) is 11.8. The predicted octanol–water partition coefficient (Wildman–Crippen LogP) is 0.682. The zero-order valence-corrected chi connectivity index (χ0v) is 10.6. The van der Waals surface area contributed by atoms with E-state index in [4.69, 9.17) is 0 Å². The van der Waals surface area contributed by atoms with Crippen molar-refractivity contribution in [1.29, 1.82) is 0 Å². The summed E-state index contributed by atoms with van der Waals surface area (Å²) in [4.78, 5) is 26.4. The van der Waals surface area contributed by atoms with Gasteiger partial charge in [-0.2, -0.15) is 4.98 Å².